The summed E-state index contributed by atoms with van der Waals surface area (Å²) in [6.07, 6.45) is 1.33. The van der Waals surface area contributed by atoms with E-state index in [1.54, 1.807) is 0 Å². The molecule has 0 amide bonds. The summed E-state index contributed by atoms with van der Waals surface area (Å²) in [5, 5.41) is 23.2. The summed E-state index contributed by atoms with van der Waals surface area (Å²) in [7, 11) is 0. The van der Waals surface area contributed by atoms with E-state index in [4.69, 9.17) is 16.0 Å². The average molecular weight is 203 g/mol. The number of hydrogen-bond donors (Lipinski definition) is 4. The molecule has 0 heterocycles. The lowest BCUT2D eigenvalue weighted by Gasteiger charge is -2.16. The van der Waals surface area contributed by atoms with Crippen molar-refractivity contribution in [2.45, 2.75) is 32.7 Å². The van der Waals surface area contributed by atoms with Crippen LogP contribution in [-0.4, -0.2) is 35.3 Å². The summed E-state index contributed by atoms with van der Waals surface area (Å²) in [4.78, 5) is 0. The molecule has 0 aliphatic heterocycles. The maximum Gasteiger partial charge on any atom is 0.140 e. The normalized spacial score (nSPS) is 16.6. The van der Waals surface area contributed by atoms with Crippen LogP contribution < -0.4 is 11.1 Å². The van der Waals surface area contributed by atoms with Crippen LogP contribution in [0.15, 0.2) is 5.16 Å². The van der Waals surface area contributed by atoms with Gasteiger partial charge in [-0.05, 0) is 25.8 Å². The average Bonchev–Trinajstić information content (AvgIpc) is 2.15. The highest BCUT2D eigenvalue weighted by molar-refractivity contribution is 5.80. The largest absolute Gasteiger partial charge is 0.409 e. The van der Waals surface area contributed by atoms with Crippen molar-refractivity contribution in [3.8, 4) is 0 Å². The Balaban J connectivity index is 3.57. The van der Waals surface area contributed by atoms with E-state index in [0.29, 0.717) is 12.3 Å². The molecule has 0 rings (SSSR count). The van der Waals surface area contributed by atoms with Gasteiger partial charge in [0, 0.05) is 19.1 Å². The standard InChI is InChI=1S/C9H21N3O2/c1-7(3-4-13)6-11-8(2)5-9(10)12-14/h7-8,11,13-14H,3-6H2,1-2H3,(H2,10,12). The maximum absolute atomic E-state index is 8.69. The Bertz CT molecular complexity index is 173. The summed E-state index contributed by atoms with van der Waals surface area (Å²) in [5.41, 5.74) is 5.36. The third-order valence-corrected chi connectivity index (χ3v) is 2.08. The van der Waals surface area contributed by atoms with Gasteiger partial charge in [0.15, 0.2) is 0 Å². The van der Waals surface area contributed by atoms with Crippen molar-refractivity contribution in [3.63, 3.8) is 0 Å². The van der Waals surface area contributed by atoms with Gasteiger partial charge in [-0.15, -0.1) is 0 Å². The molecule has 14 heavy (non-hydrogen) atoms. The molecular formula is C9H21N3O2. The molecule has 0 aromatic carbocycles. The van der Waals surface area contributed by atoms with Crippen molar-refractivity contribution >= 4 is 5.84 Å². The fourth-order valence-corrected chi connectivity index (χ4v) is 1.15. The second-order valence-electron chi connectivity index (χ2n) is 3.72. The third-order valence-electron chi connectivity index (χ3n) is 2.08. The first-order valence-corrected chi connectivity index (χ1v) is 4.90. The molecule has 0 radical (unpaired) electrons. The second kappa shape index (κ2) is 7.58. The van der Waals surface area contributed by atoms with Crippen molar-refractivity contribution in [1.29, 1.82) is 0 Å². The summed E-state index contributed by atoms with van der Waals surface area (Å²) in [6, 6.07) is 0.187. The molecule has 0 aromatic rings. The van der Waals surface area contributed by atoms with Crippen molar-refractivity contribution < 1.29 is 10.3 Å². The molecule has 5 heteroatoms. The van der Waals surface area contributed by atoms with Gasteiger partial charge in [0.2, 0.25) is 0 Å². The van der Waals surface area contributed by atoms with E-state index in [0.717, 1.165) is 13.0 Å². The van der Waals surface area contributed by atoms with E-state index < -0.39 is 0 Å². The number of nitrogens with two attached hydrogens (primary N) is 1. The van der Waals surface area contributed by atoms with Crippen LogP contribution >= 0.6 is 0 Å². The SMILES string of the molecule is CC(CCO)CNC(C)CC(N)=NO. The number of aliphatic hydroxyl groups is 1. The molecule has 0 saturated carbocycles. The zero-order chi connectivity index (χ0) is 11.0. The Kier molecular flexibility index (Phi) is 7.14. The summed E-state index contributed by atoms with van der Waals surface area (Å²) in [5.74, 6) is 0.676. The van der Waals surface area contributed by atoms with Crippen LogP contribution in [0, 0.1) is 5.92 Å². The molecule has 0 aliphatic rings. The molecule has 84 valence electrons. The van der Waals surface area contributed by atoms with Crippen LogP contribution in [0.3, 0.4) is 0 Å². The van der Waals surface area contributed by atoms with Crippen LogP contribution in [0.25, 0.3) is 0 Å². The number of aliphatic hydroxyl groups excluding tert-OH is 1. The highest BCUT2D eigenvalue weighted by Crippen LogP contribution is 2.00. The van der Waals surface area contributed by atoms with Crippen LogP contribution in [0.1, 0.15) is 26.7 Å². The van der Waals surface area contributed by atoms with Gasteiger partial charge in [0.1, 0.15) is 5.84 Å². The number of amidine groups is 1. The van der Waals surface area contributed by atoms with E-state index in [-0.39, 0.29) is 18.5 Å². The molecule has 0 aromatic heterocycles. The highest BCUT2D eigenvalue weighted by Gasteiger charge is 2.06. The van der Waals surface area contributed by atoms with Crippen molar-refractivity contribution in [2.75, 3.05) is 13.2 Å². The molecule has 5 N–H and O–H groups in total. The number of nitrogens with zero attached hydrogens (tertiary/aromatic N) is 1. The summed E-state index contributed by atoms with van der Waals surface area (Å²) in [6.45, 7) is 5.10. The maximum atomic E-state index is 8.69. The van der Waals surface area contributed by atoms with Crippen molar-refractivity contribution in [2.24, 2.45) is 16.8 Å². The van der Waals surface area contributed by atoms with Crippen molar-refractivity contribution in [1.82, 2.24) is 5.32 Å². The molecule has 2 atom stereocenters. The molecular weight excluding hydrogens is 182 g/mol. The van der Waals surface area contributed by atoms with E-state index in [9.17, 15) is 0 Å². The van der Waals surface area contributed by atoms with Crippen LogP contribution in [0.2, 0.25) is 0 Å². The minimum absolute atomic E-state index is 0.187. The Morgan fingerprint density at radius 1 is 1.50 bits per heavy atom. The molecule has 0 fully saturated rings. The zero-order valence-electron chi connectivity index (χ0n) is 8.90. The number of oxime groups is 1. The molecule has 0 saturated heterocycles. The van der Waals surface area contributed by atoms with Crippen LogP contribution in [0.4, 0.5) is 0 Å². The monoisotopic (exact) mass is 203 g/mol. The van der Waals surface area contributed by atoms with Gasteiger partial charge in [0.05, 0.1) is 0 Å². The first-order chi connectivity index (χ1) is 6.60. The third kappa shape index (κ3) is 6.68. The van der Waals surface area contributed by atoms with Gasteiger partial charge < -0.3 is 21.4 Å². The molecule has 0 spiro atoms. The van der Waals surface area contributed by atoms with Gasteiger partial charge in [-0.2, -0.15) is 0 Å². The Morgan fingerprint density at radius 2 is 2.14 bits per heavy atom. The molecule has 0 aliphatic carbocycles. The predicted molar refractivity (Wildman–Crippen MR) is 56.4 cm³/mol. The summed E-state index contributed by atoms with van der Waals surface area (Å²) < 4.78 is 0. The number of hydrogen-bond acceptors (Lipinski definition) is 4. The smallest absolute Gasteiger partial charge is 0.140 e. The fraction of sp³-hybridized carbons (Fsp3) is 0.889. The van der Waals surface area contributed by atoms with Crippen LogP contribution in [-0.2, 0) is 0 Å². The van der Waals surface area contributed by atoms with Gasteiger partial charge in [0.25, 0.3) is 0 Å². The zero-order valence-corrected chi connectivity index (χ0v) is 8.90. The minimum atomic E-state index is 0.187. The van der Waals surface area contributed by atoms with E-state index in [1.165, 1.54) is 0 Å². The first-order valence-electron chi connectivity index (χ1n) is 4.90. The number of rotatable bonds is 7. The highest BCUT2D eigenvalue weighted by atomic mass is 16.4. The molecule has 0 bridgehead atoms. The minimum Gasteiger partial charge on any atom is -0.409 e. The fourth-order valence-electron chi connectivity index (χ4n) is 1.15. The topological polar surface area (TPSA) is 90.9 Å². The quantitative estimate of drug-likeness (QED) is 0.205. The van der Waals surface area contributed by atoms with Gasteiger partial charge >= 0.3 is 0 Å². The molecule has 2 unspecified atom stereocenters. The number of nitrogens with one attached hydrogen (secondary N) is 1. The Hall–Kier alpha value is -0.810. The Morgan fingerprint density at radius 3 is 2.64 bits per heavy atom. The van der Waals surface area contributed by atoms with E-state index >= 15 is 0 Å². The van der Waals surface area contributed by atoms with Gasteiger partial charge in [-0.1, -0.05) is 12.1 Å². The molecule has 5 nitrogen and oxygen atoms in total. The van der Waals surface area contributed by atoms with Gasteiger partial charge in [-0.3, -0.25) is 0 Å². The predicted octanol–water partition coefficient (Wildman–Crippen LogP) is 0.120. The second-order valence-corrected chi connectivity index (χ2v) is 3.72. The van der Waals surface area contributed by atoms with E-state index in [2.05, 4.69) is 17.4 Å². The summed E-state index contributed by atoms with van der Waals surface area (Å²) >= 11 is 0. The lowest BCUT2D eigenvalue weighted by molar-refractivity contribution is 0.258. The van der Waals surface area contributed by atoms with Crippen molar-refractivity contribution in [3.05, 3.63) is 0 Å². The Labute approximate surface area is 85.0 Å². The van der Waals surface area contributed by atoms with Crippen LogP contribution in [0.5, 0.6) is 0 Å². The lowest BCUT2D eigenvalue weighted by atomic mass is 10.1. The van der Waals surface area contributed by atoms with E-state index in [1.807, 2.05) is 6.92 Å². The van der Waals surface area contributed by atoms with Gasteiger partial charge in [-0.25, -0.2) is 0 Å². The lowest BCUT2D eigenvalue weighted by Crippen LogP contribution is -2.34. The first kappa shape index (κ1) is 13.2.